The Bertz CT molecular complexity index is 516. The second kappa shape index (κ2) is 3.38. The molecule has 0 bridgehead atoms. The van der Waals surface area contributed by atoms with Crippen LogP contribution >= 0.6 is 15.9 Å². The van der Waals surface area contributed by atoms with Gasteiger partial charge in [0.15, 0.2) is 0 Å². The summed E-state index contributed by atoms with van der Waals surface area (Å²) in [7, 11) is 1.67. The van der Waals surface area contributed by atoms with E-state index in [9.17, 15) is 4.79 Å². The van der Waals surface area contributed by atoms with E-state index in [1.165, 1.54) is 9.25 Å². The molecule has 2 aromatic heterocycles. The second-order valence-corrected chi connectivity index (χ2v) is 3.69. The lowest BCUT2D eigenvalue weighted by Crippen LogP contribution is -2.23. The minimum absolute atomic E-state index is 0.178. The van der Waals surface area contributed by atoms with E-state index in [0.717, 1.165) is 4.47 Å². The molecule has 2 rings (SSSR count). The zero-order valence-corrected chi connectivity index (χ0v) is 8.97. The fourth-order valence-electron chi connectivity index (χ4n) is 1.06. The first-order valence-corrected chi connectivity index (χ1v) is 4.70. The third-order valence-corrected chi connectivity index (χ3v) is 2.18. The number of hydrogen-bond donors (Lipinski definition) is 0. The van der Waals surface area contributed by atoms with Gasteiger partial charge in [0.25, 0.3) is 5.56 Å². The van der Waals surface area contributed by atoms with Gasteiger partial charge >= 0.3 is 0 Å². The Morgan fingerprint density at radius 1 is 1.50 bits per heavy atom. The van der Waals surface area contributed by atoms with Gasteiger partial charge in [-0.1, -0.05) is 0 Å². The Morgan fingerprint density at radius 3 is 2.93 bits per heavy atom. The Balaban J connectivity index is 2.63. The SMILES string of the molecule is Cn1ccnc(-n2cc(Br)cn2)c1=O. The summed E-state index contributed by atoms with van der Waals surface area (Å²) < 4.78 is 3.70. The number of halogens is 1. The molecule has 0 spiro atoms. The van der Waals surface area contributed by atoms with E-state index in [-0.39, 0.29) is 5.56 Å². The summed E-state index contributed by atoms with van der Waals surface area (Å²) in [6, 6.07) is 0. The van der Waals surface area contributed by atoms with Crippen molar-refractivity contribution in [3.63, 3.8) is 0 Å². The maximum Gasteiger partial charge on any atom is 0.295 e. The number of rotatable bonds is 1. The van der Waals surface area contributed by atoms with E-state index in [0.29, 0.717) is 5.82 Å². The molecule has 0 aliphatic rings. The molecule has 2 heterocycles. The Morgan fingerprint density at radius 2 is 2.29 bits per heavy atom. The molecule has 0 atom stereocenters. The highest BCUT2D eigenvalue weighted by Gasteiger charge is 2.05. The lowest BCUT2D eigenvalue weighted by molar-refractivity contribution is 0.766. The van der Waals surface area contributed by atoms with Gasteiger partial charge in [0.2, 0.25) is 5.82 Å². The van der Waals surface area contributed by atoms with Crippen LogP contribution in [0.4, 0.5) is 0 Å². The fourth-order valence-corrected chi connectivity index (χ4v) is 1.34. The van der Waals surface area contributed by atoms with Gasteiger partial charge in [-0.05, 0) is 15.9 Å². The molecular weight excluding hydrogens is 248 g/mol. The topological polar surface area (TPSA) is 52.7 Å². The van der Waals surface area contributed by atoms with Crippen molar-refractivity contribution in [3.05, 3.63) is 39.6 Å². The van der Waals surface area contributed by atoms with Crippen molar-refractivity contribution < 1.29 is 0 Å². The van der Waals surface area contributed by atoms with Gasteiger partial charge in [-0.3, -0.25) is 4.79 Å². The molecule has 0 aliphatic carbocycles. The molecule has 2 aromatic rings. The van der Waals surface area contributed by atoms with Crippen LogP contribution in [0.5, 0.6) is 0 Å². The second-order valence-electron chi connectivity index (χ2n) is 2.77. The quantitative estimate of drug-likeness (QED) is 0.754. The lowest BCUT2D eigenvalue weighted by atomic mass is 10.6. The van der Waals surface area contributed by atoms with Crippen molar-refractivity contribution in [2.24, 2.45) is 7.05 Å². The first kappa shape index (κ1) is 9.14. The van der Waals surface area contributed by atoms with Crippen LogP contribution in [0.3, 0.4) is 0 Å². The largest absolute Gasteiger partial charge is 0.314 e. The van der Waals surface area contributed by atoms with E-state index in [1.54, 1.807) is 31.8 Å². The van der Waals surface area contributed by atoms with Gasteiger partial charge in [-0.25, -0.2) is 9.67 Å². The summed E-state index contributed by atoms with van der Waals surface area (Å²) in [6.07, 6.45) is 6.45. The monoisotopic (exact) mass is 254 g/mol. The standard InChI is InChI=1S/C8H7BrN4O/c1-12-3-2-10-7(8(12)14)13-5-6(9)4-11-13/h2-5H,1H3. The molecule has 0 unspecified atom stereocenters. The van der Waals surface area contributed by atoms with E-state index in [4.69, 9.17) is 0 Å². The summed E-state index contributed by atoms with van der Waals surface area (Å²) in [4.78, 5) is 15.6. The molecule has 0 aromatic carbocycles. The Hall–Kier alpha value is -1.43. The first-order chi connectivity index (χ1) is 6.68. The van der Waals surface area contributed by atoms with Crippen LogP contribution in [0, 0.1) is 0 Å². The fraction of sp³-hybridized carbons (Fsp3) is 0.125. The van der Waals surface area contributed by atoms with Crippen molar-refractivity contribution in [2.75, 3.05) is 0 Å². The van der Waals surface area contributed by atoms with Gasteiger partial charge in [0, 0.05) is 25.6 Å². The molecule has 0 saturated carbocycles. The van der Waals surface area contributed by atoms with E-state index < -0.39 is 0 Å². The Kier molecular flexibility index (Phi) is 2.20. The summed E-state index contributed by atoms with van der Waals surface area (Å²) >= 11 is 3.25. The van der Waals surface area contributed by atoms with E-state index in [2.05, 4.69) is 26.0 Å². The average Bonchev–Trinajstić information content (AvgIpc) is 2.57. The van der Waals surface area contributed by atoms with Crippen LogP contribution in [0.2, 0.25) is 0 Å². The highest BCUT2D eigenvalue weighted by molar-refractivity contribution is 9.10. The lowest BCUT2D eigenvalue weighted by Gasteiger charge is -2.00. The molecule has 0 fully saturated rings. The molecule has 72 valence electrons. The smallest absolute Gasteiger partial charge is 0.295 e. The highest BCUT2D eigenvalue weighted by Crippen LogP contribution is 2.07. The van der Waals surface area contributed by atoms with Crippen LogP contribution in [-0.2, 0) is 7.05 Å². The van der Waals surface area contributed by atoms with Crippen LogP contribution in [0.15, 0.2) is 34.1 Å². The van der Waals surface area contributed by atoms with Crippen LogP contribution in [0.25, 0.3) is 5.82 Å². The zero-order valence-electron chi connectivity index (χ0n) is 7.38. The molecule has 14 heavy (non-hydrogen) atoms. The third-order valence-electron chi connectivity index (χ3n) is 1.77. The molecule has 0 N–H and O–H groups in total. The number of aromatic nitrogens is 4. The molecule has 0 saturated heterocycles. The van der Waals surface area contributed by atoms with Crippen molar-refractivity contribution >= 4 is 15.9 Å². The number of nitrogens with zero attached hydrogens (tertiary/aromatic N) is 4. The van der Waals surface area contributed by atoms with Crippen LogP contribution in [0.1, 0.15) is 0 Å². The molecule has 6 heteroatoms. The summed E-state index contributed by atoms with van der Waals surface area (Å²) in [6.45, 7) is 0. The van der Waals surface area contributed by atoms with Crippen LogP contribution in [-0.4, -0.2) is 19.3 Å². The van der Waals surface area contributed by atoms with Crippen molar-refractivity contribution in [3.8, 4) is 5.82 Å². The van der Waals surface area contributed by atoms with E-state index in [1.807, 2.05) is 0 Å². The van der Waals surface area contributed by atoms with Gasteiger partial charge in [-0.2, -0.15) is 5.10 Å². The highest BCUT2D eigenvalue weighted by atomic mass is 79.9. The minimum atomic E-state index is -0.178. The summed E-state index contributed by atoms with van der Waals surface area (Å²) in [5.41, 5.74) is -0.178. The maximum atomic E-state index is 11.6. The Labute approximate surface area is 88.1 Å². The van der Waals surface area contributed by atoms with Crippen molar-refractivity contribution in [2.45, 2.75) is 0 Å². The molecule has 0 aliphatic heterocycles. The molecular formula is C8H7BrN4O. The van der Waals surface area contributed by atoms with Crippen molar-refractivity contribution in [1.82, 2.24) is 19.3 Å². The molecule has 0 amide bonds. The summed E-state index contributed by atoms with van der Waals surface area (Å²) in [5, 5.41) is 3.98. The first-order valence-electron chi connectivity index (χ1n) is 3.90. The molecule has 5 nitrogen and oxygen atoms in total. The number of hydrogen-bond acceptors (Lipinski definition) is 3. The predicted octanol–water partition coefficient (Wildman–Crippen LogP) is 0.728. The van der Waals surface area contributed by atoms with Crippen molar-refractivity contribution in [1.29, 1.82) is 0 Å². The van der Waals surface area contributed by atoms with Gasteiger partial charge in [0.1, 0.15) is 0 Å². The number of aryl methyl sites for hydroxylation is 1. The van der Waals surface area contributed by atoms with Gasteiger partial charge in [0.05, 0.1) is 10.7 Å². The summed E-state index contributed by atoms with van der Waals surface area (Å²) in [5.74, 6) is 0.292. The molecule has 0 radical (unpaired) electrons. The predicted molar refractivity (Wildman–Crippen MR) is 54.3 cm³/mol. The zero-order chi connectivity index (χ0) is 10.1. The van der Waals surface area contributed by atoms with Gasteiger partial charge in [-0.15, -0.1) is 0 Å². The third kappa shape index (κ3) is 1.48. The van der Waals surface area contributed by atoms with Crippen LogP contribution < -0.4 is 5.56 Å². The normalized spacial score (nSPS) is 10.4. The minimum Gasteiger partial charge on any atom is -0.314 e. The maximum absolute atomic E-state index is 11.6. The van der Waals surface area contributed by atoms with E-state index >= 15 is 0 Å². The van der Waals surface area contributed by atoms with Gasteiger partial charge < -0.3 is 4.57 Å². The average molecular weight is 255 g/mol.